The third-order valence-corrected chi connectivity index (χ3v) is 6.79. The number of carbonyl (C=O) groups excluding carboxylic acids is 2. The lowest BCUT2D eigenvalue weighted by atomic mass is 9.89. The summed E-state index contributed by atoms with van der Waals surface area (Å²) in [5, 5.41) is 5.83. The number of esters is 1. The van der Waals surface area contributed by atoms with Gasteiger partial charge in [0.1, 0.15) is 16.3 Å². The van der Waals surface area contributed by atoms with E-state index in [1.165, 1.54) is 48.5 Å². The van der Waals surface area contributed by atoms with E-state index in [1.54, 1.807) is 12.1 Å². The van der Waals surface area contributed by atoms with E-state index < -0.39 is 11.9 Å². The van der Waals surface area contributed by atoms with Crippen molar-refractivity contribution in [2.45, 2.75) is 25.7 Å². The van der Waals surface area contributed by atoms with E-state index in [-0.39, 0.29) is 6.61 Å². The number of benzene rings is 2. The molecule has 4 rings (SSSR count). The van der Waals surface area contributed by atoms with Gasteiger partial charge in [-0.1, -0.05) is 41.4 Å². The van der Waals surface area contributed by atoms with Crippen molar-refractivity contribution in [1.82, 2.24) is 0 Å². The lowest BCUT2D eigenvalue weighted by molar-refractivity contribution is -0.118. The summed E-state index contributed by atoms with van der Waals surface area (Å²) in [6.45, 7) is -0.285. The van der Waals surface area contributed by atoms with Crippen molar-refractivity contribution in [1.29, 1.82) is 0 Å². The Morgan fingerprint density at radius 3 is 2.62 bits per heavy atom. The van der Waals surface area contributed by atoms with Crippen LogP contribution in [0.15, 0.2) is 41.8 Å². The van der Waals surface area contributed by atoms with Crippen LogP contribution in [0.2, 0.25) is 10.0 Å². The Hall–Kier alpha value is -2.54. The molecule has 1 N–H and O–H groups in total. The molecule has 0 atom stereocenters. The summed E-state index contributed by atoms with van der Waals surface area (Å²) in [4.78, 5) is 25.1. The molecule has 0 saturated carbocycles. The number of methoxy groups -OCH3 is 1. The monoisotopic (exact) mass is 489 g/mol. The molecule has 0 spiro atoms. The van der Waals surface area contributed by atoms with Crippen LogP contribution in [0, 0.1) is 0 Å². The number of hydrogen-bond acceptors (Lipinski definition) is 5. The fraction of sp³-hybridized carbons (Fsp3) is 0.250. The highest BCUT2D eigenvalue weighted by atomic mass is 35.5. The molecule has 8 heteroatoms. The number of fused-ring (bicyclic) bond motifs is 1. The summed E-state index contributed by atoms with van der Waals surface area (Å²) >= 11 is 13.3. The first kappa shape index (κ1) is 22.6. The van der Waals surface area contributed by atoms with E-state index in [4.69, 9.17) is 32.7 Å². The second-order valence-electron chi connectivity index (χ2n) is 7.45. The number of aryl methyl sites for hydroxylation is 2. The van der Waals surface area contributed by atoms with E-state index in [2.05, 4.69) is 17.4 Å². The second kappa shape index (κ2) is 9.94. The Bertz CT molecular complexity index is 1170. The first-order valence-corrected chi connectivity index (χ1v) is 11.8. The molecule has 5 nitrogen and oxygen atoms in total. The third kappa shape index (κ3) is 4.93. The van der Waals surface area contributed by atoms with Crippen LogP contribution in [0.25, 0.3) is 11.1 Å². The molecular formula is C24H21Cl2NO4S. The maximum atomic E-state index is 12.6. The van der Waals surface area contributed by atoms with Gasteiger partial charge >= 0.3 is 5.97 Å². The third-order valence-electron chi connectivity index (χ3n) is 5.35. The lowest BCUT2D eigenvalue weighted by Crippen LogP contribution is -2.21. The molecule has 0 fully saturated rings. The summed E-state index contributed by atoms with van der Waals surface area (Å²) in [5.41, 5.74) is 4.69. The number of carbonyl (C=O) groups is 2. The van der Waals surface area contributed by atoms with Crippen LogP contribution >= 0.6 is 34.5 Å². The summed E-state index contributed by atoms with van der Waals surface area (Å²) in [7, 11) is 1.33. The standard InChI is InChI=1S/C24H21Cl2NO4S/c1-30-24(29)22-18(16-7-6-14-4-2-3-5-15(14)10-16)13-32-23(22)27-21(28)12-31-20-11-17(25)8-9-19(20)26/h6-11,13H,2-5,12H2,1H3,(H,27,28). The molecule has 2 aromatic carbocycles. The number of anilines is 1. The zero-order chi connectivity index (χ0) is 22.7. The van der Waals surface area contributed by atoms with Gasteiger partial charge in [-0.25, -0.2) is 4.79 Å². The molecular weight excluding hydrogens is 469 g/mol. The predicted octanol–water partition coefficient (Wildman–Crippen LogP) is 6.40. The van der Waals surface area contributed by atoms with Crippen LogP contribution < -0.4 is 10.1 Å². The highest BCUT2D eigenvalue weighted by Gasteiger charge is 2.23. The van der Waals surface area contributed by atoms with Crippen molar-refractivity contribution in [2.24, 2.45) is 0 Å². The number of hydrogen-bond donors (Lipinski definition) is 1. The van der Waals surface area contributed by atoms with E-state index in [0.717, 1.165) is 24.0 Å². The summed E-state index contributed by atoms with van der Waals surface area (Å²) in [6.07, 6.45) is 4.49. The number of amides is 1. The fourth-order valence-corrected chi connectivity index (χ4v) is 5.07. The van der Waals surface area contributed by atoms with Gasteiger partial charge < -0.3 is 14.8 Å². The van der Waals surface area contributed by atoms with Gasteiger partial charge in [0, 0.05) is 22.0 Å². The van der Waals surface area contributed by atoms with E-state index >= 15 is 0 Å². The zero-order valence-corrected chi connectivity index (χ0v) is 19.7. The van der Waals surface area contributed by atoms with Crippen molar-refractivity contribution in [2.75, 3.05) is 19.0 Å². The molecule has 166 valence electrons. The summed E-state index contributed by atoms with van der Waals surface area (Å²) < 4.78 is 10.5. The predicted molar refractivity (Wildman–Crippen MR) is 128 cm³/mol. The fourth-order valence-electron chi connectivity index (χ4n) is 3.76. The van der Waals surface area contributed by atoms with Crippen LogP contribution in [0.4, 0.5) is 5.00 Å². The molecule has 0 aliphatic heterocycles. The first-order valence-electron chi connectivity index (χ1n) is 10.2. The SMILES string of the molecule is COC(=O)c1c(-c2ccc3c(c2)CCCC3)csc1NC(=O)COc1cc(Cl)ccc1Cl. The average molecular weight is 490 g/mol. The van der Waals surface area contributed by atoms with Gasteiger partial charge in [-0.15, -0.1) is 11.3 Å². The van der Waals surface area contributed by atoms with Crippen LogP contribution in [0.5, 0.6) is 5.75 Å². The van der Waals surface area contributed by atoms with Gasteiger partial charge in [0.05, 0.1) is 12.1 Å². The van der Waals surface area contributed by atoms with Crippen LogP contribution in [-0.2, 0) is 22.4 Å². The summed E-state index contributed by atoms with van der Waals surface area (Å²) in [5.74, 6) is -0.624. The number of thiophene rings is 1. The Morgan fingerprint density at radius 2 is 1.84 bits per heavy atom. The topological polar surface area (TPSA) is 64.6 Å². The highest BCUT2D eigenvalue weighted by Crippen LogP contribution is 2.38. The van der Waals surface area contributed by atoms with E-state index in [9.17, 15) is 9.59 Å². The van der Waals surface area contributed by atoms with Crippen LogP contribution in [0.3, 0.4) is 0 Å². The minimum atomic E-state index is -0.506. The average Bonchev–Trinajstić information content (AvgIpc) is 3.22. The molecule has 0 radical (unpaired) electrons. The highest BCUT2D eigenvalue weighted by molar-refractivity contribution is 7.15. The van der Waals surface area contributed by atoms with Crippen molar-refractivity contribution in [3.05, 3.63) is 68.5 Å². The molecule has 1 heterocycles. The molecule has 1 aromatic heterocycles. The minimum absolute atomic E-state index is 0.285. The molecule has 1 amide bonds. The second-order valence-corrected chi connectivity index (χ2v) is 9.17. The molecule has 32 heavy (non-hydrogen) atoms. The van der Waals surface area contributed by atoms with E-state index in [0.29, 0.717) is 26.4 Å². The van der Waals surface area contributed by atoms with Gasteiger partial charge in [-0.3, -0.25) is 4.79 Å². The molecule has 0 bridgehead atoms. The Balaban J connectivity index is 1.55. The largest absolute Gasteiger partial charge is 0.482 e. The summed E-state index contributed by atoms with van der Waals surface area (Å²) in [6, 6.07) is 11.1. The normalized spacial score (nSPS) is 12.7. The number of nitrogens with one attached hydrogen (secondary N) is 1. The number of rotatable bonds is 6. The number of halogens is 2. The van der Waals surface area contributed by atoms with Gasteiger partial charge in [-0.2, -0.15) is 0 Å². The van der Waals surface area contributed by atoms with E-state index in [1.807, 2.05) is 11.4 Å². The van der Waals surface area contributed by atoms with Gasteiger partial charge in [0.2, 0.25) is 0 Å². The van der Waals surface area contributed by atoms with Crippen LogP contribution in [0.1, 0.15) is 34.3 Å². The zero-order valence-electron chi connectivity index (χ0n) is 17.4. The smallest absolute Gasteiger partial charge is 0.341 e. The molecule has 1 aliphatic rings. The molecule has 3 aromatic rings. The Kier molecular flexibility index (Phi) is 7.04. The van der Waals surface area contributed by atoms with Gasteiger partial charge in [0.25, 0.3) is 5.91 Å². The van der Waals surface area contributed by atoms with Crippen molar-refractivity contribution >= 4 is 51.4 Å². The van der Waals surface area contributed by atoms with Crippen molar-refractivity contribution in [3.8, 4) is 16.9 Å². The Morgan fingerprint density at radius 1 is 1.06 bits per heavy atom. The first-order chi connectivity index (χ1) is 15.5. The molecule has 1 aliphatic carbocycles. The Labute approximate surface area is 200 Å². The maximum absolute atomic E-state index is 12.6. The van der Waals surface area contributed by atoms with Crippen molar-refractivity contribution < 1.29 is 19.1 Å². The van der Waals surface area contributed by atoms with Crippen molar-refractivity contribution in [3.63, 3.8) is 0 Å². The van der Waals surface area contributed by atoms with Gasteiger partial charge in [-0.05, 0) is 54.5 Å². The quantitative estimate of drug-likeness (QED) is 0.406. The molecule has 0 saturated heterocycles. The van der Waals surface area contributed by atoms with Crippen LogP contribution in [-0.4, -0.2) is 25.6 Å². The minimum Gasteiger partial charge on any atom is -0.482 e. The lowest BCUT2D eigenvalue weighted by Gasteiger charge is -2.16. The molecule has 0 unspecified atom stereocenters. The van der Waals surface area contributed by atoms with Gasteiger partial charge in [0.15, 0.2) is 6.61 Å². The number of ether oxygens (including phenoxy) is 2. The maximum Gasteiger partial charge on any atom is 0.341 e.